The fourth-order valence-corrected chi connectivity index (χ4v) is 5.56. The van der Waals surface area contributed by atoms with E-state index in [1.165, 1.54) is 11.3 Å². The topological polar surface area (TPSA) is 53.7 Å². The van der Waals surface area contributed by atoms with Gasteiger partial charge in [0.05, 0.1) is 22.4 Å². The maximum atomic E-state index is 13.2. The zero-order valence-corrected chi connectivity index (χ0v) is 18.6. The molecule has 0 spiro atoms. The Morgan fingerprint density at radius 1 is 1.25 bits per heavy atom. The first-order valence-electron chi connectivity index (χ1n) is 9.83. The smallest absolute Gasteiger partial charge is 0.274 e. The number of likely N-dealkylation sites (tertiary alicyclic amines) is 1. The maximum absolute atomic E-state index is 13.2. The summed E-state index contributed by atoms with van der Waals surface area (Å²) in [5, 5.41) is 3.12. The minimum atomic E-state index is 0.0762. The van der Waals surface area contributed by atoms with Crippen molar-refractivity contribution in [2.24, 2.45) is 0 Å². The van der Waals surface area contributed by atoms with Crippen molar-refractivity contribution in [3.8, 4) is 0 Å². The molecule has 0 bridgehead atoms. The van der Waals surface area contributed by atoms with Gasteiger partial charge in [0.15, 0.2) is 10.7 Å². The van der Waals surface area contributed by atoms with Gasteiger partial charge in [0.2, 0.25) is 0 Å². The Labute approximate surface area is 173 Å². The van der Waals surface area contributed by atoms with E-state index < -0.39 is 0 Å². The Balaban J connectivity index is 1.63. The first-order valence-corrected chi connectivity index (χ1v) is 11.5. The van der Waals surface area contributed by atoms with Crippen molar-refractivity contribution < 1.29 is 4.79 Å². The molecule has 0 aliphatic carbocycles. The van der Waals surface area contributed by atoms with Crippen LogP contribution in [0.3, 0.4) is 0 Å². The second-order valence-electron chi connectivity index (χ2n) is 7.58. The minimum absolute atomic E-state index is 0.0762. The fourth-order valence-electron chi connectivity index (χ4n) is 3.92. The molecule has 8 heteroatoms. The molecule has 3 aromatic rings. The highest BCUT2D eigenvalue weighted by molar-refractivity contribution is 7.15. The van der Waals surface area contributed by atoms with Crippen LogP contribution in [0, 0.1) is 13.8 Å². The molecule has 1 aliphatic heterocycles. The average Bonchev–Trinajstić information content (AvgIpc) is 3.37. The molecule has 0 unspecified atom stereocenters. The van der Waals surface area contributed by atoms with Crippen LogP contribution in [0.4, 0.5) is 0 Å². The number of carbonyl (C=O) groups excluding carboxylic acids is 1. The third kappa shape index (κ3) is 3.60. The van der Waals surface area contributed by atoms with Gasteiger partial charge >= 0.3 is 0 Å². The zero-order valence-electron chi connectivity index (χ0n) is 16.9. The van der Waals surface area contributed by atoms with Gasteiger partial charge in [-0.1, -0.05) is 0 Å². The van der Waals surface area contributed by atoms with Gasteiger partial charge in [0.1, 0.15) is 0 Å². The molecule has 0 radical (unpaired) electrons. The number of amides is 1. The number of hydrogen-bond acceptors (Lipinski definition) is 6. The summed E-state index contributed by atoms with van der Waals surface area (Å²) in [4.78, 5) is 29.0. The lowest BCUT2D eigenvalue weighted by Gasteiger charge is -2.27. The van der Waals surface area contributed by atoms with Crippen molar-refractivity contribution in [2.45, 2.75) is 52.6 Å². The van der Waals surface area contributed by atoms with E-state index in [1.807, 2.05) is 16.5 Å². The Kier molecular flexibility index (Phi) is 5.53. The van der Waals surface area contributed by atoms with Gasteiger partial charge in [0.25, 0.3) is 5.91 Å². The number of thiazole rings is 2. The number of hydrogen-bond donors (Lipinski definition) is 0. The van der Waals surface area contributed by atoms with Crippen molar-refractivity contribution in [2.75, 3.05) is 20.1 Å². The van der Waals surface area contributed by atoms with E-state index in [1.54, 1.807) is 22.7 Å². The minimum Gasteiger partial charge on any atom is -0.337 e. The molecule has 4 heterocycles. The lowest BCUT2D eigenvalue weighted by Crippen LogP contribution is -2.36. The van der Waals surface area contributed by atoms with Crippen LogP contribution < -0.4 is 0 Å². The summed E-state index contributed by atoms with van der Waals surface area (Å²) in [5.74, 6) is 0.0762. The monoisotopic (exact) mass is 417 g/mol. The van der Waals surface area contributed by atoms with Crippen molar-refractivity contribution in [1.82, 2.24) is 24.2 Å². The van der Waals surface area contributed by atoms with Gasteiger partial charge < -0.3 is 4.90 Å². The fraction of sp³-hybridized carbons (Fsp3) is 0.550. The van der Waals surface area contributed by atoms with Crippen LogP contribution >= 0.6 is 22.7 Å². The Morgan fingerprint density at radius 2 is 2.00 bits per heavy atom. The second-order valence-corrected chi connectivity index (χ2v) is 9.86. The van der Waals surface area contributed by atoms with E-state index in [0.29, 0.717) is 12.2 Å². The van der Waals surface area contributed by atoms with Gasteiger partial charge in [0, 0.05) is 36.1 Å². The van der Waals surface area contributed by atoms with Crippen LogP contribution in [0.25, 0.3) is 4.96 Å². The molecule has 1 aliphatic rings. The molecule has 150 valence electrons. The summed E-state index contributed by atoms with van der Waals surface area (Å²) in [5.41, 5.74) is 2.71. The Hall–Kier alpha value is -1.77. The maximum Gasteiger partial charge on any atom is 0.274 e. The lowest BCUT2D eigenvalue weighted by atomic mass is 10.1. The van der Waals surface area contributed by atoms with Crippen molar-refractivity contribution >= 4 is 33.5 Å². The number of fused-ring (bicyclic) bond motifs is 1. The number of carbonyl (C=O) groups is 1. The van der Waals surface area contributed by atoms with E-state index in [-0.39, 0.29) is 11.9 Å². The molecular formula is C20H27N5OS2. The van der Waals surface area contributed by atoms with Crippen LogP contribution in [0.5, 0.6) is 0 Å². The Bertz CT molecular complexity index is 982. The summed E-state index contributed by atoms with van der Waals surface area (Å²) in [6.07, 6.45) is 5.40. The highest BCUT2D eigenvalue weighted by Crippen LogP contribution is 2.28. The number of piperidine rings is 1. The van der Waals surface area contributed by atoms with Crippen LogP contribution in [0.15, 0.2) is 11.6 Å². The van der Waals surface area contributed by atoms with Gasteiger partial charge in [-0.25, -0.2) is 9.97 Å². The molecule has 1 saturated heterocycles. The van der Waals surface area contributed by atoms with Crippen molar-refractivity contribution in [3.63, 3.8) is 0 Å². The number of nitrogens with zero attached hydrogens (tertiary/aromatic N) is 5. The average molecular weight is 418 g/mol. The standard InChI is InChI=1S/C20H27N5OS2/c1-13(17-14(2)28-15(3)21-17)23(4)12-16-18(22-20-25(16)10-11-27-20)19(26)24-8-6-5-7-9-24/h10-11,13H,5-9,12H2,1-4H3/t13-/m1/s1. The summed E-state index contributed by atoms with van der Waals surface area (Å²) in [6.45, 7) is 8.70. The lowest BCUT2D eigenvalue weighted by molar-refractivity contribution is 0.0716. The van der Waals surface area contributed by atoms with E-state index in [4.69, 9.17) is 9.97 Å². The van der Waals surface area contributed by atoms with Crippen LogP contribution in [0.2, 0.25) is 0 Å². The highest BCUT2D eigenvalue weighted by Gasteiger charge is 2.27. The van der Waals surface area contributed by atoms with Gasteiger partial charge in [-0.2, -0.15) is 0 Å². The van der Waals surface area contributed by atoms with E-state index in [9.17, 15) is 4.79 Å². The first kappa shape index (κ1) is 19.5. The second kappa shape index (κ2) is 7.93. The molecule has 28 heavy (non-hydrogen) atoms. The molecule has 4 rings (SSSR count). The number of imidazole rings is 1. The number of aryl methyl sites for hydroxylation is 2. The molecule has 3 aromatic heterocycles. The van der Waals surface area contributed by atoms with E-state index in [0.717, 1.165) is 47.3 Å². The molecule has 0 N–H and O–H groups in total. The summed E-state index contributed by atoms with van der Waals surface area (Å²) in [7, 11) is 2.10. The van der Waals surface area contributed by atoms with Crippen molar-refractivity contribution in [1.29, 1.82) is 0 Å². The number of rotatable bonds is 5. The quantitative estimate of drug-likeness (QED) is 0.621. The molecular weight excluding hydrogens is 390 g/mol. The predicted molar refractivity (Wildman–Crippen MR) is 114 cm³/mol. The summed E-state index contributed by atoms with van der Waals surface area (Å²) in [6, 6.07) is 0.173. The predicted octanol–water partition coefficient (Wildman–Crippen LogP) is 4.29. The SMILES string of the molecule is Cc1nc([C@@H](C)N(C)Cc2c(C(=O)N3CCCCC3)nc3sccn23)c(C)s1. The van der Waals surface area contributed by atoms with Crippen LogP contribution in [-0.4, -0.2) is 50.2 Å². The van der Waals surface area contributed by atoms with Gasteiger partial charge in [-0.3, -0.25) is 14.1 Å². The zero-order chi connectivity index (χ0) is 19.8. The van der Waals surface area contributed by atoms with Crippen LogP contribution in [0.1, 0.15) is 64.0 Å². The van der Waals surface area contributed by atoms with Gasteiger partial charge in [-0.05, 0) is 47.1 Å². The summed E-state index contributed by atoms with van der Waals surface area (Å²) >= 11 is 3.32. The van der Waals surface area contributed by atoms with Gasteiger partial charge in [-0.15, -0.1) is 22.7 Å². The van der Waals surface area contributed by atoms with Crippen LogP contribution in [-0.2, 0) is 6.54 Å². The molecule has 0 aromatic carbocycles. The first-order chi connectivity index (χ1) is 13.5. The van der Waals surface area contributed by atoms with Crippen molar-refractivity contribution in [3.05, 3.63) is 38.5 Å². The van der Waals surface area contributed by atoms with E-state index in [2.05, 4.69) is 37.1 Å². The third-order valence-electron chi connectivity index (χ3n) is 5.60. The Morgan fingerprint density at radius 3 is 2.68 bits per heavy atom. The third-order valence-corrected chi connectivity index (χ3v) is 7.26. The highest BCUT2D eigenvalue weighted by atomic mass is 32.1. The summed E-state index contributed by atoms with van der Waals surface area (Å²) < 4.78 is 2.07. The largest absolute Gasteiger partial charge is 0.337 e. The molecule has 1 atom stereocenters. The molecule has 6 nitrogen and oxygen atoms in total. The number of aromatic nitrogens is 3. The van der Waals surface area contributed by atoms with E-state index >= 15 is 0 Å². The molecule has 1 fully saturated rings. The molecule has 0 saturated carbocycles. The molecule has 1 amide bonds. The normalized spacial score (nSPS) is 16.2.